The molecule has 3 heteroatoms. The Morgan fingerprint density at radius 3 is 2.80 bits per heavy atom. The van der Waals surface area contributed by atoms with Gasteiger partial charge in [0.25, 0.3) is 0 Å². The summed E-state index contributed by atoms with van der Waals surface area (Å²) in [6, 6.07) is 3.89. The van der Waals surface area contributed by atoms with Crippen molar-refractivity contribution in [1.82, 2.24) is 0 Å². The molecular weight excluding hydrogens is 168 g/mol. The standard InChI is InChI=1S/C7H9ClOS/c1-5-2-3-7(10-5)6(9)4-8/h2-3,6,9H,4H2,1H3. The fourth-order valence-corrected chi connectivity index (χ4v) is 1.83. The molecule has 1 aromatic rings. The molecule has 1 nitrogen and oxygen atoms in total. The highest BCUT2D eigenvalue weighted by molar-refractivity contribution is 7.12. The summed E-state index contributed by atoms with van der Waals surface area (Å²) in [7, 11) is 0. The van der Waals surface area contributed by atoms with Crippen LogP contribution in [0.15, 0.2) is 12.1 Å². The van der Waals surface area contributed by atoms with E-state index in [1.54, 1.807) is 11.3 Å². The quantitative estimate of drug-likeness (QED) is 0.686. The first-order chi connectivity index (χ1) is 4.74. The van der Waals surface area contributed by atoms with Crippen LogP contribution in [0.25, 0.3) is 0 Å². The number of hydrogen-bond donors (Lipinski definition) is 1. The third-order valence-electron chi connectivity index (χ3n) is 1.24. The summed E-state index contributed by atoms with van der Waals surface area (Å²) in [6.07, 6.45) is -0.486. The molecule has 1 unspecified atom stereocenters. The third kappa shape index (κ3) is 1.72. The highest BCUT2D eigenvalue weighted by Gasteiger charge is 2.06. The normalized spacial score (nSPS) is 13.5. The lowest BCUT2D eigenvalue weighted by Gasteiger charge is -2.00. The van der Waals surface area contributed by atoms with Gasteiger partial charge in [-0.2, -0.15) is 0 Å². The van der Waals surface area contributed by atoms with E-state index in [9.17, 15) is 5.11 Å². The summed E-state index contributed by atoms with van der Waals surface area (Å²) < 4.78 is 0. The molecule has 0 bridgehead atoms. The smallest absolute Gasteiger partial charge is 0.102 e. The summed E-state index contributed by atoms with van der Waals surface area (Å²) in [5.74, 6) is 0.278. The Morgan fingerprint density at radius 2 is 2.40 bits per heavy atom. The molecule has 0 amide bonds. The SMILES string of the molecule is Cc1ccc(C(O)CCl)s1. The van der Waals surface area contributed by atoms with Crippen LogP contribution in [0.5, 0.6) is 0 Å². The van der Waals surface area contributed by atoms with Crippen molar-refractivity contribution in [1.29, 1.82) is 0 Å². The van der Waals surface area contributed by atoms with Gasteiger partial charge in [0.1, 0.15) is 6.10 Å². The zero-order valence-electron chi connectivity index (χ0n) is 5.67. The number of halogens is 1. The van der Waals surface area contributed by atoms with E-state index in [2.05, 4.69) is 0 Å². The lowest BCUT2D eigenvalue weighted by molar-refractivity contribution is 0.206. The lowest BCUT2D eigenvalue weighted by Crippen LogP contribution is -1.93. The summed E-state index contributed by atoms with van der Waals surface area (Å²) >= 11 is 7.04. The van der Waals surface area contributed by atoms with Gasteiger partial charge in [0.05, 0.1) is 5.88 Å². The molecule has 0 fully saturated rings. The van der Waals surface area contributed by atoms with Crippen molar-refractivity contribution in [2.24, 2.45) is 0 Å². The van der Waals surface area contributed by atoms with E-state index in [1.807, 2.05) is 19.1 Å². The second-order valence-electron chi connectivity index (χ2n) is 2.12. The number of alkyl halides is 1. The molecule has 0 saturated carbocycles. The van der Waals surface area contributed by atoms with Crippen LogP contribution in [0.1, 0.15) is 15.9 Å². The van der Waals surface area contributed by atoms with Crippen LogP contribution in [0.3, 0.4) is 0 Å². The molecule has 1 atom stereocenters. The van der Waals surface area contributed by atoms with E-state index < -0.39 is 6.10 Å². The van der Waals surface area contributed by atoms with Gasteiger partial charge in [-0.15, -0.1) is 22.9 Å². The van der Waals surface area contributed by atoms with E-state index in [0.717, 1.165) is 4.88 Å². The Bertz CT molecular complexity index is 209. The Hall–Kier alpha value is -0.0500. The minimum atomic E-state index is -0.486. The number of thiophene rings is 1. The Balaban J connectivity index is 2.74. The average Bonchev–Trinajstić information content (AvgIpc) is 2.34. The Labute approximate surface area is 69.3 Å². The van der Waals surface area contributed by atoms with E-state index in [-0.39, 0.29) is 5.88 Å². The first kappa shape index (κ1) is 8.05. The van der Waals surface area contributed by atoms with Crippen molar-refractivity contribution in [2.45, 2.75) is 13.0 Å². The molecule has 1 rings (SSSR count). The number of aliphatic hydroxyl groups excluding tert-OH is 1. The maximum absolute atomic E-state index is 9.22. The summed E-state index contributed by atoms with van der Waals surface area (Å²) in [5.41, 5.74) is 0. The highest BCUT2D eigenvalue weighted by atomic mass is 35.5. The first-order valence-electron chi connectivity index (χ1n) is 3.04. The monoisotopic (exact) mass is 176 g/mol. The van der Waals surface area contributed by atoms with E-state index in [1.165, 1.54) is 4.88 Å². The Morgan fingerprint density at radius 1 is 1.70 bits per heavy atom. The fourth-order valence-electron chi connectivity index (χ4n) is 0.709. The average molecular weight is 177 g/mol. The largest absolute Gasteiger partial charge is 0.386 e. The zero-order chi connectivity index (χ0) is 7.56. The Kier molecular flexibility index (Phi) is 2.72. The maximum atomic E-state index is 9.22. The molecule has 0 radical (unpaired) electrons. The van der Waals surface area contributed by atoms with Gasteiger partial charge in [0.2, 0.25) is 0 Å². The molecule has 1 heterocycles. The van der Waals surface area contributed by atoms with Crippen LogP contribution in [-0.4, -0.2) is 11.0 Å². The second-order valence-corrected chi connectivity index (χ2v) is 3.75. The predicted molar refractivity (Wildman–Crippen MR) is 44.7 cm³/mol. The number of aryl methyl sites for hydroxylation is 1. The number of rotatable bonds is 2. The fraction of sp³-hybridized carbons (Fsp3) is 0.429. The van der Waals surface area contributed by atoms with Crippen LogP contribution < -0.4 is 0 Å². The van der Waals surface area contributed by atoms with Crippen LogP contribution in [0, 0.1) is 6.92 Å². The van der Waals surface area contributed by atoms with Gasteiger partial charge in [0.15, 0.2) is 0 Å². The van der Waals surface area contributed by atoms with E-state index >= 15 is 0 Å². The topological polar surface area (TPSA) is 20.2 Å². The van der Waals surface area contributed by atoms with Crippen LogP contribution in [0.2, 0.25) is 0 Å². The number of aliphatic hydroxyl groups is 1. The van der Waals surface area contributed by atoms with Gasteiger partial charge in [-0.1, -0.05) is 0 Å². The molecule has 0 aliphatic carbocycles. The molecule has 0 spiro atoms. The van der Waals surface area contributed by atoms with Crippen molar-refractivity contribution in [3.8, 4) is 0 Å². The van der Waals surface area contributed by atoms with Crippen LogP contribution >= 0.6 is 22.9 Å². The minimum absolute atomic E-state index is 0.278. The van der Waals surface area contributed by atoms with Crippen molar-refractivity contribution in [2.75, 3.05) is 5.88 Å². The third-order valence-corrected chi connectivity index (χ3v) is 2.63. The second kappa shape index (κ2) is 3.37. The van der Waals surface area contributed by atoms with Crippen LogP contribution in [0.4, 0.5) is 0 Å². The maximum Gasteiger partial charge on any atom is 0.102 e. The van der Waals surface area contributed by atoms with Crippen molar-refractivity contribution in [3.05, 3.63) is 21.9 Å². The van der Waals surface area contributed by atoms with Gasteiger partial charge in [-0.3, -0.25) is 0 Å². The molecule has 0 aliphatic heterocycles. The molecular formula is C7H9ClOS. The molecule has 1 aromatic heterocycles. The van der Waals surface area contributed by atoms with E-state index in [4.69, 9.17) is 11.6 Å². The summed E-state index contributed by atoms with van der Waals surface area (Å²) in [5, 5.41) is 9.22. The van der Waals surface area contributed by atoms with Gasteiger partial charge in [-0.05, 0) is 19.1 Å². The van der Waals surface area contributed by atoms with Gasteiger partial charge < -0.3 is 5.11 Å². The minimum Gasteiger partial charge on any atom is -0.386 e. The highest BCUT2D eigenvalue weighted by Crippen LogP contribution is 2.22. The summed E-state index contributed by atoms with van der Waals surface area (Å²) in [6.45, 7) is 2.01. The van der Waals surface area contributed by atoms with Crippen molar-refractivity contribution < 1.29 is 5.11 Å². The van der Waals surface area contributed by atoms with Gasteiger partial charge in [0, 0.05) is 9.75 Å². The molecule has 0 aliphatic rings. The molecule has 0 saturated heterocycles. The van der Waals surface area contributed by atoms with Gasteiger partial charge in [-0.25, -0.2) is 0 Å². The van der Waals surface area contributed by atoms with Crippen molar-refractivity contribution in [3.63, 3.8) is 0 Å². The summed E-state index contributed by atoms with van der Waals surface area (Å²) in [4.78, 5) is 2.16. The lowest BCUT2D eigenvalue weighted by atomic mass is 10.3. The predicted octanol–water partition coefficient (Wildman–Crippen LogP) is 2.33. The van der Waals surface area contributed by atoms with E-state index in [0.29, 0.717) is 0 Å². The van der Waals surface area contributed by atoms with Crippen LogP contribution in [-0.2, 0) is 0 Å². The molecule has 1 N–H and O–H groups in total. The molecule has 10 heavy (non-hydrogen) atoms. The molecule has 0 aromatic carbocycles. The van der Waals surface area contributed by atoms with Gasteiger partial charge >= 0.3 is 0 Å². The number of hydrogen-bond acceptors (Lipinski definition) is 2. The van der Waals surface area contributed by atoms with Crippen molar-refractivity contribution >= 4 is 22.9 Å². The zero-order valence-corrected chi connectivity index (χ0v) is 7.25. The first-order valence-corrected chi connectivity index (χ1v) is 4.39. The molecule has 56 valence electrons.